The lowest BCUT2D eigenvalue weighted by Gasteiger charge is -2.21. The standard InChI is InChI=1S/C21H22ClN3O5S/c1-13-5-7-14(8-6-13)19-23-18(24-30-19)12-29-20(26)15-9-10-16(22)17(11-15)31(27,28)25-21(2,3)4/h5-11,25H,12H2,1-4H3. The normalized spacial score (nSPS) is 12.0. The van der Waals surface area contributed by atoms with Crippen LogP contribution in [0.4, 0.5) is 0 Å². The summed E-state index contributed by atoms with van der Waals surface area (Å²) in [5.41, 5.74) is 1.15. The van der Waals surface area contributed by atoms with Crippen LogP contribution in [0, 0.1) is 6.92 Å². The van der Waals surface area contributed by atoms with E-state index in [2.05, 4.69) is 14.9 Å². The van der Waals surface area contributed by atoms with Gasteiger partial charge in [-0.05, 0) is 58.0 Å². The van der Waals surface area contributed by atoms with E-state index in [0.29, 0.717) is 5.89 Å². The van der Waals surface area contributed by atoms with Crippen molar-refractivity contribution >= 4 is 27.6 Å². The molecule has 0 unspecified atom stereocenters. The quantitative estimate of drug-likeness (QED) is 0.547. The molecule has 0 aliphatic rings. The number of rotatable bonds is 6. The zero-order valence-corrected chi connectivity index (χ0v) is 19.0. The summed E-state index contributed by atoms with van der Waals surface area (Å²) in [4.78, 5) is 16.4. The molecule has 3 rings (SSSR count). The molecule has 2 aromatic carbocycles. The first-order valence-electron chi connectivity index (χ1n) is 9.35. The van der Waals surface area contributed by atoms with Gasteiger partial charge in [-0.3, -0.25) is 0 Å². The molecular weight excluding hydrogens is 442 g/mol. The molecule has 10 heteroatoms. The Morgan fingerprint density at radius 1 is 1.16 bits per heavy atom. The molecule has 164 valence electrons. The third kappa shape index (κ3) is 5.90. The number of ether oxygens (including phenoxy) is 1. The average Bonchev–Trinajstić information content (AvgIpc) is 3.14. The lowest BCUT2D eigenvalue weighted by atomic mass is 10.1. The fourth-order valence-electron chi connectivity index (χ4n) is 2.63. The van der Waals surface area contributed by atoms with Gasteiger partial charge in [0.2, 0.25) is 15.8 Å². The summed E-state index contributed by atoms with van der Waals surface area (Å²) < 4.78 is 38.1. The van der Waals surface area contributed by atoms with E-state index in [1.54, 1.807) is 20.8 Å². The molecule has 0 bridgehead atoms. The molecule has 8 nitrogen and oxygen atoms in total. The highest BCUT2D eigenvalue weighted by atomic mass is 35.5. The van der Waals surface area contributed by atoms with Crippen LogP contribution in [0.5, 0.6) is 0 Å². The maximum absolute atomic E-state index is 12.6. The Hall–Kier alpha value is -2.75. The number of carbonyl (C=O) groups excluding carboxylic acids is 1. The van der Waals surface area contributed by atoms with Crippen LogP contribution in [-0.2, 0) is 21.4 Å². The molecule has 31 heavy (non-hydrogen) atoms. The van der Waals surface area contributed by atoms with Crippen molar-refractivity contribution in [3.63, 3.8) is 0 Å². The van der Waals surface area contributed by atoms with Crippen molar-refractivity contribution in [1.29, 1.82) is 0 Å². The first-order chi connectivity index (χ1) is 14.4. The molecule has 0 radical (unpaired) electrons. The summed E-state index contributed by atoms with van der Waals surface area (Å²) in [7, 11) is -3.93. The molecule has 3 aromatic rings. The largest absolute Gasteiger partial charge is 0.454 e. The van der Waals surface area contributed by atoms with E-state index in [9.17, 15) is 13.2 Å². The number of carbonyl (C=O) groups is 1. The third-order valence-corrected chi connectivity index (χ3v) is 6.24. The van der Waals surface area contributed by atoms with Crippen molar-refractivity contribution in [2.75, 3.05) is 0 Å². The highest BCUT2D eigenvalue weighted by Gasteiger charge is 2.25. The molecule has 0 amide bonds. The van der Waals surface area contributed by atoms with Crippen molar-refractivity contribution in [3.8, 4) is 11.5 Å². The molecule has 1 N–H and O–H groups in total. The van der Waals surface area contributed by atoms with E-state index in [0.717, 1.165) is 11.1 Å². The number of nitrogens with one attached hydrogen (secondary N) is 1. The van der Waals surface area contributed by atoms with E-state index in [1.807, 2.05) is 31.2 Å². The highest BCUT2D eigenvalue weighted by molar-refractivity contribution is 7.89. The summed E-state index contributed by atoms with van der Waals surface area (Å²) >= 11 is 6.05. The number of hydrogen-bond donors (Lipinski definition) is 1. The number of aromatic nitrogens is 2. The second kappa shape index (κ2) is 8.78. The monoisotopic (exact) mass is 463 g/mol. The van der Waals surface area contributed by atoms with Crippen LogP contribution in [0.25, 0.3) is 11.5 Å². The number of esters is 1. The number of hydrogen-bond acceptors (Lipinski definition) is 7. The lowest BCUT2D eigenvalue weighted by molar-refractivity contribution is 0.0459. The summed E-state index contributed by atoms with van der Waals surface area (Å²) in [5, 5.41) is 3.80. The van der Waals surface area contributed by atoms with Crippen LogP contribution < -0.4 is 4.72 Å². The number of benzene rings is 2. The Morgan fingerprint density at radius 2 is 1.84 bits per heavy atom. The number of halogens is 1. The topological polar surface area (TPSA) is 111 Å². The second-order valence-corrected chi connectivity index (χ2v) is 10.0. The Bertz CT molecular complexity index is 1200. The number of nitrogens with zero attached hydrogens (tertiary/aromatic N) is 2. The Labute approximate surface area is 185 Å². The molecule has 0 atom stereocenters. The Kier molecular flexibility index (Phi) is 6.49. The third-order valence-electron chi connectivity index (χ3n) is 4.00. The number of aryl methyl sites for hydroxylation is 1. The van der Waals surface area contributed by atoms with E-state index >= 15 is 0 Å². The van der Waals surface area contributed by atoms with Gasteiger partial charge in [0, 0.05) is 11.1 Å². The van der Waals surface area contributed by atoms with E-state index in [-0.39, 0.29) is 27.9 Å². The smallest absolute Gasteiger partial charge is 0.338 e. The Morgan fingerprint density at radius 3 is 2.48 bits per heavy atom. The Balaban J connectivity index is 1.72. The van der Waals surface area contributed by atoms with Gasteiger partial charge in [0.15, 0.2) is 6.61 Å². The molecule has 0 saturated heterocycles. The van der Waals surface area contributed by atoms with Crippen LogP contribution in [-0.4, -0.2) is 30.1 Å². The highest BCUT2D eigenvalue weighted by Crippen LogP contribution is 2.24. The molecule has 1 aromatic heterocycles. The molecule has 1 heterocycles. The van der Waals surface area contributed by atoms with E-state index < -0.39 is 21.5 Å². The van der Waals surface area contributed by atoms with Gasteiger partial charge in [0.1, 0.15) is 4.90 Å². The van der Waals surface area contributed by atoms with Gasteiger partial charge in [-0.2, -0.15) is 4.98 Å². The van der Waals surface area contributed by atoms with Gasteiger partial charge in [-0.15, -0.1) is 0 Å². The van der Waals surface area contributed by atoms with Crippen molar-refractivity contribution in [1.82, 2.24) is 14.9 Å². The fourth-order valence-corrected chi connectivity index (χ4v) is 4.58. The predicted molar refractivity (Wildman–Crippen MR) is 115 cm³/mol. The van der Waals surface area contributed by atoms with Crippen molar-refractivity contribution < 1.29 is 22.5 Å². The van der Waals surface area contributed by atoms with Crippen molar-refractivity contribution in [2.45, 2.75) is 44.7 Å². The first kappa shape index (κ1) is 22.9. The fraction of sp³-hybridized carbons (Fsp3) is 0.286. The molecular formula is C21H22ClN3O5S. The van der Waals surface area contributed by atoms with Crippen LogP contribution in [0.1, 0.15) is 42.5 Å². The van der Waals surface area contributed by atoms with Crippen LogP contribution >= 0.6 is 11.6 Å². The van der Waals surface area contributed by atoms with Gasteiger partial charge in [0.25, 0.3) is 5.89 Å². The summed E-state index contributed by atoms with van der Waals surface area (Å²) in [6.45, 7) is 6.83. The summed E-state index contributed by atoms with van der Waals surface area (Å²) in [6, 6.07) is 11.4. The van der Waals surface area contributed by atoms with E-state index in [1.165, 1.54) is 18.2 Å². The maximum atomic E-state index is 12.6. The minimum atomic E-state index is -3.93. The lowest BCUT2D eigenvalue weighted by Crippen LogP contribution is -2.40. The van der Waals surface area contributed by atoms with Gasteiger partial charge in [0.05, 0.1) is 10.6 Å². The maximum Gasteiger partial charge on any atom is 0.338 e. The molecule has 0 aliphatic carbocycles. The molecule has 0 spiro atoms. The van der Waals surface area contributed by atoms with Crippen molar-refractivity contribution in [2.24, 2.45) is 0 Å². The summed E-state index contributed by atoms with van der Waals surface area (Å²) in [5.74, 6) is -0.259. The van der Waals surface area contributed by atoms with Gasteiger partial charge >= 0.3 is 5.97 Å². The first-order valence-corrected chi connectivity index (χ1v) is 11.2. The van der Waals surface area contributed by atoms with Crippen LogP contribution in [0.3, 0.4) is 0 Å². The number of sulfonamides is 1. The second-order valence-electron chi connectivity index (χ2n) is 7.96. The SMILES string of the molecule is Cc1ccc(-c2nc(COC(=O)c3ccc(Cl)c(S(=O)(=O)NC(C)(C)C)c3)no2)cc1. The minimum Gasteiger partial charge on any atom is -0.454 e. The van der Waals surface area contributed by atoms with Crippen LogP contribution in [0.2, 0.25) is 5.02 Å². The molecule has 0 aliphatic heterocycles. The minimum absolute atomic E-state index is 0.00536. The van der Waals surface area contributed by atoms with E-state index in [4.69, 9.17) is 20.9 Å². The molecule has 0 fully saturated rings. The van der Waals surface area contributed by atoms with Crippen molar-refractivity contribution in [3.05, 3.63) is 64.4 Å². The van der Waals surface area contributed by atoms with Gasteiger partial charge in [-0.25, -0.2) is 17.9 Å². The van der Waals surface area contributed by atoms with Gasteiger partial charge in [-0.1, -0.05) is 34.5 Å². The average molecular weight is 464 g/mol. The molecule has 0 saturated carbocycles. The predicted octanol–water partition coefficient (Wildman–Crippen LogP) is 4.13. The summed E-state index contributed by atoms with van der Waals surface area (Å²) in [6.07, 6.45) is 0. The zero-order chi connectivity index (χ0) is 22.8. The zero-order valence-electron chi connectivity index (χ0n) is 17.5. The van der Waals surface area contributed by atoms with Gasteiger partial charge < -0.3 is 9.26 Å². The van der Waals surface area contributed by atoms with Crippen LogP contribution in [0.15, 0.2) is 51.9 Å².